The fourth-order valence-electron chi connectivity index (χ4n) is 1.77. The molecule has 2 rings (SSSR count). The van der Waals surface area contributed by atoms with Crippen molar-refractivity contribution < 1.29 is 9.63 Å². The highest BCUT2D eigenvalue weighted by atomic mass is 79.9. The van der Waals surface area contributed by atoms with Crippen molar-refractivity contribution in [2.45, 2.75) is 42.9 Å². The van der Waals surface area contributed by atoms with E-state index >= 15 is 0 Å². The number of halogens is 1. The molecule has 108 valence electrons. The Morgan fingerprint density at radius 1 is 1.40 bits per heavy atom. The minimum Gasteiger partial charge on any atom is -0.393 e. The van der Waals surface area contributed by atoms with Crippen molar-refractivity contribution in [2.24, 2.45) is 0 Å². The van der Waals surface area contributed by atoms with Gasteiger partial charge < -0.3 is 9.63 Å². The molecular formula is C14H17BrN2O2S. The van der Waals surface area contributed by atoms with Crippen LogP contribution >= 0.6 is 27.7 Å². The van der Waals surface area contributed by atoms with Crippen molar-refractivity contribution >= 4 is 27.7 Å². The second kappa shape index (κ2) is 7.81. The molecular weight excluding hydrogens is 340 g/mol. The summed E-state index contributed by atoms with van der Waals surface area (Å²) in [5.74, 6) is 1.81. The third kappa shape index (κ3) is 4.61. The van der Waals surface area contributed by atoms with E-state index in [4.69, 9.17) is 4.52 Å². The lowest BCUT2D eigenvalue weighted by atomic mass is 10.1. The minimum absolute atomic E-state index is 0.399. The van der Waals surface area contributed by atoms with Crippen LogP contribution in [-0.4, -0.2) is 21.4 Å². The molecule has 0 aliphatic rings. The number of nitrogens with zero attached hydrogens (tertiary/aromatic N) is 2. The summed E-state index contributed by atoms with van der Waals surface area (Å²) in [6, 6.07) is 8.03. The van der Waals surface area contributed by atoms with Crippen LogP contribution in [0.4, 0.5) is 0 Å². The van der Waals surface area contributed by atoms with E-state index < -0.39 is 6.10 Å². The second-order valence-electron chi connectivity index (χ2n) is 4.47. The number of benzene rings is 1. The van der Waals surface area contributed by atoms with Crippen molar-refractivity contribution in [3.05, 3.63) is 40.5 Å². The molecule has 1 N–H and O–H groups in total. The van der Waals surface area contributed by atoms with Gasteiger partial charge in [-0.05, 0) is 34.5 Å². The van der Waals surface area contributed by atoms with E-state index in [9.17, 15) is 5.11 Å². The number of aliphatic hydroxyl groups excluding tert-OH is 1. The standard InChI is InChI=1S/C14H17BrN2O2S/c1-2-5-10(18)8-14-16-13(17-19-14)9-20-12-7-4-3-6-11(12)15/h3-4,6-7,10,18H,2,5,8-9H2,1H3. The SMILES string of the molecule is CCCC(O)Cc1nc(CSc2ccccc2Br)no1. The van der Waals surface area contributed by atoms with E-state index in [1.807, 2.05) is 31.2 Å². The lowest BCUT2D eigenvalue weighted by Gasteiger charge is -2.04. The highest BCUT2D eigenvalue weighted by Crippen LogP contribution is 2.29. The van der Waals surface area contributed by atoms with Gasteiger partial charge in [-0.1, -0.05) is 30.6 Å². The van der Waals surface area contributed by atoms with Gasteiger partial charge >= 0.3 is 0 Å². The van der Waals surface area contributed by atoms with Gasteiger partial charge in [0.05, 0.1) is 18.3 Å². The summed E-state index contributed by atoms with van der Waals surface area (Å²) in [4.78, 5) is 5.45. The van der Waals surface area contributed by atoms with Crippen molar-refractivity contribution in [1.82, 2.24) is 10.1 Å². The quantitative estimate of drug-likeness (QED) is 0.764. The maximum absolute atomic E-state index is 9.72. The molecule has 0 saturated carbocycles. The minimum atomic E-state index is -0.399. The van der Waals surface area contributed by atoms with E-state index in [0.717, 1.165) is 22.2 Å². The van der Waals surface area contributed by atoms with Gasteiger partial charge in [0, 0.05) is 9.37 Å². The lowest BCUT2D eigenvalue weighted by Crippen LogP contribution is -2.09. The highest BCUT2D eigenvalue weighted by Gasteiger charge is 2.12. The molecule has 0 amide bonds. The number of aliphatic hydroxyl groups is 1. The Balaban J connectivity index is 1.88. The van der Waals surface area contributed by atoms with Gasteiger partial charge in [0.25, 0.3) is 0 Å². The van der Waals surface area contributed by atoms with Crippen LogP contribution in [-0.2, 0) is 12.2 Å². The largest absolute Gasteiger partial charge is 0.393 e. The molecule has 0 saturated heterocycles. The second-order valence-corrected chi connectivity index (χ2v) is 6.34. The molecule has 2 aromatic rings. The fraction of sp³-hybridized carbons (Fsp3) is 0.429. The molecule has 0 bridgehead atoms. The van der Waals surface area contributed by atoms with Crippen LogP contribution in [0.15, 0.2) is 38.2 Å². The summed E-state index contributed by atoms with van der Waals surface area (Å²) in [7, 11) is 0. The molecule has 0 fully saturated rings. The zero-order chi connectivity index (χ0) is 14.4. The average Bonchev–Trinajstić information content (AvgIpc) is 2.85. The van der Waals surface area contributed by atoms with E-state index in [2.05, 4.69) is 26.1 Å². The number of hydrogen-bond donors (Lipinski definition) is 1. The van der Waals surface area contributed by atoms with E-state index in [0.29, 0.717) is 23.9 Å². The van der Waals surface area contributed by atoms with Crippen molar-refractivity contribution in [1.29, 1.82) is 0 Å². The van der Waals surface area contributed by atoms with Crippen LogP contribution in [0.25, 0.3) is 0 Å². The smallest absolute Gasteiger partial charge is 0.229 e. The molecule has 0 aliphatic carbocycles. The molecule has 1 heterocycles. The Kier molecular flexibility index (Phi) is 6.06. The first-order chi connectivity index (χ1) is 9.69. The van der Waals surface area contributed by atoms with Gasteiger partial charge in [0.2, 0.25) is 5.89 Å². The van der Waals surface area contributed by atoms with Crippen molar-refractivity contribution in [2.75, 3.05) is 0 Å². The summed E-state index contributed by atoms with van der Waals surface area (Å²) in [5.41, 5.74) is 0. The molecule has 4 nitrogen and oxygen atoms in total. The van der Waals surface area contributed by atoms with Crippen molar-refractivity contribution in [3.63, 3.8) is 0 Å². The average molecular weight is 357 g/mol. The van der Waals surface area contributed by atoms with Crippen LogP contribution in [0.2, 0.25) is 0 Å². The molecule has 1 atom stereocenters. The topological polar surface area (TPSA) is 59.2 Å². The third-order valence-corrected chi connectivity index (χ3v) is 4.76. The Morgan fingerprint density at radius 3 is 2.95 bits per heavy atom. The summed E-state index contributed by atoms with van der Waals surface area (Å²) in [6.07, 6.45) is 1.73. The number of aromatic nitrogens is 2. The highest BCUT2D eigenvalue weighted by molar-refractivity contribution is 9.10. The van der Waals surface area contributed by atoms with Crippen LogP contribution in [0, 0.1) is 0 Å². The number of rotatable bonds is 7. The molecule has 20 heavy (non-hydrogen) atoms. The zero-order valence-corrected chi connectivity index (χ0v) is 13.7. The lowest BCUT2D eigenvalue weighted by molar-refractivity contribution is 0.151. The molecule has 6 heteroatoms. The number of thioether (sulfide) groups is 1. The summed E-state index contributed by atoms with van der Waals surface area (Å²) in [5, 5.41) is 13.7. The van der Waals surface area contributed by atoms with Gasteiger partial charge in [0.15, 0.2) is 5.82 Å². The normalized spacial score (nSPS) is 12.6. The van der Waals surface area contributed by atoms with Gasteiger partial charge in [-0.3, -0.25) is 0 Å². The third-order valence-electron chi connectivity index (χ3n) is 2.74. The Labute approximate surface area is 131 Å². The van der Waals surface area contributed by atoms with E-state index in [1.165, 1.54) is 0 Å². The molecule has 0 aliphatic heterocycles. The van der Waals surface area contributed by atoms with Crippen LogP contribution in [0.1, 0.15) is 31.5 Å². The molecule has 1 aromatic heterocycles. The molecule has 0 radical (unpaired) electrons. The summed E-state index contributed by atoms with van der Waals surface area (Å²) in [6.45, 7) is 2.04. The monoisotopic (exact) mass is 356 g/mol. The van der Waals surface area contributed by atoms with Gasteiger partial charge in [-0.2, -0.15) is 4.98 Å². The van der Waals surface area contributed by atoms with Crippen LogP contribution < -0.4 is 0 Å². The zero-order valence-electron chi connectivity index (χ0n) is 11.3. The predicted molar refractivity (Wildman–Crippen MR) is 82.6 cm³/mol. The first kappa shape index (κ1) is 15.5. The fourth-order valence-corrected chi connectivity index (χ4v) is 3.18. The van der Waals surface area contributed by atoms with Crippen LogP contribution in [0.3, 0.4) is 0 Å². The summed E-state index contributed by atoms with van der Waals surface area (Å²) < 4.78 is 6.22. The van der Waals surface area contributed by atoms with Gasteiger partial charge in [-0.15, -0.1) is 11.8 Å². The Hall–Kier alpha value is -0.850. The maximum Gasteiger partial charge on any atom is 0.229 e. The molecule has 0 spiro atoms. The maximum atomic E-state index is 9.72. The Morgan fingerprint density at radius 2 is 2.20 bits per heavy atom. The predicted octanol–water partition coefficient (Wildman–Crippen LogP) is 3.83. The molecule has 1 aromatic carbocycles. The first-order valence-corrected chi connectivity index (χ1v) is 8.33. The van der Waals surface area contributed by atoms with E-state index in [1.54, 1.807) is 11.8 Å². The Bertz CT molecular complexity index is 547. The number of hydrogen-bond acceptors (Lipinski definition) is 5. The van der Waals surface area contributed by atoms with Gasteiger partial charge in [-0.25, -0.2) is 0 Å². The van der Waals surface area contributed by atoms with Gasteiger partial charge in [0.1, 0.15) is 0 Å². The van der Waals surface area contributed by atoms with E-state index in [-0.39, 0.29) is 0 Å². The molecule has 1 unspecified atom stereocenters. The van der Waals surface area contributed by atoms with Crippen molar-refractivity contribution in [3.8, 4) is 0 Å². The first-order valence-electron chi connectivity index (χ1n) is 6.56. The van der Waals surface area contributed by atoms with Crippen LogP contribution in [0.5, 0.6) is 0 Å². The summed E-state index contributed by atoms with van der Waals surface area (Å²) >= 11 is 5.16.